The van der Waals surface area contributed by atoms with Crippen molar-refractivity contribution >= 4 is 5.97 Å². The number of hydrogen-bond acceptors (Lipinski definition) is 4. The molecule has 1 atom stereocenters. The molecule has 0 amide bonds. The lowest BCUT2D eigenvalue weighted by Gasteiger charge is -2.30. The molecule has 4 heteroatoms. The molecule has 0 saturated carbocycles. The van der Waals surface area contributed by atoms with Gasteiger partial charge in [-0.25, -0.2) is 4.79 Å². The van der Waals surface area contributed by atoms with Gasteiger partial charge in [0, 0.05) is 25.8 Å². The summed E-state index contributed by atoms with van der Waals surface area (Å²) in [7, 11) is 0. The number of esters is 1. The van der Waals surface area contributed by atoms with Crippen molar-refractivity contribution in [2.75, 3.05) is 32.8 Å². The summed E-state index contributed by atoms with van der Waals surface area (Å²) < 4.78 is 4.79. The third-order valence-corrected chi connectivity index (χ3v) is 2.77. The van der Waals surface area contributed by atoms with Crippen molar-refractivity contribution < 1.29 is 14.6 Å². The Kier molecular flexibility index (Phi) is 6.11. The van der Waals surface area contributed by atoms with Gasteiger partial charge in [-0.3, -0.25) is 4.90 Å². The third kappa shape index (κ3) is 4.77. The summed E-state index contributed by atoms with van der Waals surface area (Å²) in [5.74, 6) is 0.114. The highest BCUT2D eigenvalue weighted by atomic mass is 16.5. The van der Waals surface area contributed by atoms with Gasteiger partial charge in [0.1, 0.15) is 0 Å². The van der Waals surface area contributed by atoms with E-state index in [9.17, 15) is 4.79 Å². The van der Waals surface area contributed by atoms with E-state index in [0.29, 0.717) is 12.5 Å². The Morgan fingerprint density at radius 1 is 1.62 bits per heavy atom. The van der Waals surface area contributed by atoms with Crippen LogP contribution in [-0.4, -0.2) is 48.8 Å². The molecule has 1 fully saturated rings. The van der Waals surface area contributed by atoms with Crippen LogP contribution in [0.3, 0.4) is 0 Å². The van der Waals surface area contributed by atoms with Gasteiger partial charge in [0.05, 0.1) is 6.61 Å². The predicted octanol–water partition coefficient (Wildman–Crippen LogP) is 0.810. The molecule has 0 radical (unpaired) electrons. The molecule has 16 heavy (non-hydrogen) atoms. The van der Waals surface area contributed by atoms with Crippen molar-refractivity contribution in [3.05, 3.63) is 12.2 Å². The fourth-order valence-electron chi connectivity index (χ4n) is 1.95. The third-order valence-electron chi connectivity index (χ3n) is 2.77. The fourth-order valence-corrected chi connectivity index (χ4v) is 1.95. The number of rotatable bonds is 5. The lowest BCUT2D eigenvalue weighted by molar-refractivity contribution is -0.137. The van der Waals surface area contributed by atoms with Gasteiger partial charge in [-0.2, -0.15) is 0 Å². The molecule has 1 aliphatic rings. The molecule has 0 aliphatic carbocycles. The molecular weight excluding hydrogens is 206 g/mol. The van der Waals surface area contributed by atoms with Gasteiger partial charge in [0.15, 0.2) is 0 Å². The van der Waals surface area contributed by atoms with E-state index >= 15 is 0 Å². The first kappa shape index (κ1) is 13.2. The topological polar surface area (TPSA) is 49.8 Å². The van der Waals surface area contributed by atoms with Crippen LogP contribution < -0.4 is 0 Å². The lowest BCUT2D eigenvalue weighted by atomic mass is 9.99. The second-order valence-electron chi connectivity index (χ2n) is 4.10. The molecule has 1 heterocycles. The van der Waals surface area contributed by atoms with Crippen LogP contribution in [0.25, 0.3) is 0 Å². The van der Waals surface area contributed by atoms with E-state index in [2.05, 4.69) is 4.90 Å². The van der Waals surface area contributed by atoms with Gasteiger partial charge in [0.25, 0.3) is 0 Å². The Hall–Kier alpha value is -0.870. The largest absolute Gasteiger partial charge is 0.463 e. The van der Waals surface area contributed by atoms with Crippen LogP contribution in [0.15, 0.2) is 12.2 Å². The summed E-state index contributed by atoms with van der Waals surface area (Å²) >= 11 is 0. The number of carbonyl (C=O) groups excluding carboxylic acids is 1. The number of likely N-dealkylation sites (tertiary alicyclic amines) is 1. The highest BCUT2D eigenvalue weighted by Gasteiger charge is 2.17. The van der Waals surface area contributed by atoms with E-state index in [-0.39, 0.29) is 12.6 Å². The first-order valence-corrected chi connectivity index (χ1v) is 5.92. The molecule has 0 aromatic heterocycles. The average Bonchev–Trinajstić information content (AvgIpc) is 2.30. The molecule has 4 nitrogen and oxygen atoms in total. The second-order valence-corrected chi connectivity index (χ2v) is 4.10. The van der Waals surface area contributed by atoms with Crippen LogP contribution in [-0.2, 0) is 9.53 Å². The normalized spacial score (nSPS) is 22.5. The summed E-state index contributed by atoms with van der Waals surface area (Å²) in [6.07, 6.45) is 5.54. The molecular formula is C12H21NO3. The number of carbonyl (C=O) groups is 1. The summed E-state index contributed by atoms with van der Waals surface area (Å²) in [6.45, 7) is 5.20. The zero-order valence-electron chi connectivity index (χ0n) is 9.89. The van der Waals surface area contributed by atoms with Crippen LogP contribution >= 0.6 is 0 Å². The first-order valence-electron chi connectivity index (χ1n) is 5.92. The van der Waals surface area contributed by atoms with E-state index in [1.54, 1.807) is 6.92 Å². The Balaban J connectivity index is 2.23. The number of hydrogen-bond donors (Lipinski definition) is 1. The van der Waals surface area contributed by atoms with Crippen LogP contribution in [0, 0.1) is 5.92 Å². The Labute approximate surface area is 96.9 Å². The van der Waals surface area contributed by atoms with Crippen molar-refractivity contribution in [3.63, 3.8) is 0 Å². The molecule has 0 spiro atoms. The molecule has 1 aliphatic heterocycles. The molecule has 92 valence electrons. The Bertz CT molecular complexity index is 240. The maximum absolute atomic E-state index is 11.0. The summed E-state index contributed by atoms with van der Waals surface area (Å²) in [5, 5.41) is 9.07. The molecule has 0 aromatic rings. The van der Waals surface area contributed by atoms with Gasteiger partial charge < -0.3 is 9.84 Å². The first-order chi connectivity index (χ1) is 7.76. The van der Waals surface area contributed by atoms with Crippen LogP contribution in [0.2, 0.25) is 0 Å². The smallest absolute Gasteiger partial charge is 0.330 e. The van der Waals surface area contributed by atoms with Crippen molar-refractivity contribution in [1.29, 1.82) is 0 Å². The minimum atomic E-state index is -0.279. The van der Waals surface area contributed by atoms with Crippen molar-refractivity contribution in [3.8, 4) is 0 Å². The molecule has 0 bridgehead atoms. The summed E-state index contributed by atoms with van der Waals surface area (Å²) in [6, 6.07) is 0. The average molecular weight is 227 g/mol. The van der Waals surface area contributed by atoms with Gasteiger partial charge in [-0.15, -0.1) is 0 Å². The number of aliphatic hydroxyl groups is 1. The number of piperidine rings is 1. The molecule has 0 aromatic carbocycles. The summed E-state index contributed by atoms with van der Waals surface area (Å²) in [5.41, 5.74) is 0. The number of nitrogens with zero attached hydrogens (tertiary/aromatic N) is 1. The van der Waals surface area contributed by atoms with Gasteiger partial charge in [0.2, 0.25) is 0 Å². The zero-order valence-corrected chi connectivity index (χ0v) is 9.89. The minimum absolute atomic E-state index is 0.262. The molecule has 1 N–H and O–H groups in total. The molecule has 1 saturated heterocycles. The van der Waals surface area contributed by atoms with E-state index in [1.807, 2.05) is 6.08 Å². The van der Waals surface area contributed by atoms with E-state index in [0.717, 1.165) is 32.5 Å². The maximum atomic E-state index is 11.0. The van der Waals surface area contributed by atoms with Crippen LogP contribution in [0.1, 0.15) is 19.8 Å². The van der Waals surface area contributed by atoms with E-state index in [4.69, 9.17) is 9.84 Å². The van der Waals surface area contributed by atoms with Gasteiger partial charge in [-0.05, 0) is 32.2 Å². The SMILES string of the molecule is CCOC(=O)C=CCN1CCCC(CO)C1. The van der Waals surface area contributed by atoms with Crippen molar-refractivity contribution in [2.24, 2.45) is 5.92 Å². The van der Waals surface area contributed by atoms with Crippen molar-refractivity contribution in [2.45, 2.75) is 19.8 Å². The Morgan fingerprint density at radius 2 is 2.44 bits per heavy atom. The van der Waals surface area contributed by atoms with Gasteiger partial charge in [-0.1, -0.05) is 6.08 Å². The minimum Gasteiger partial charge on any atom is -0.463 e. The second kappa shape index (κ2) is 7.41. The fraction of sp³-hybridized carbons (Fsp3) is 0.750. The highest BCUT2D eigenvalue weighted by molar-refractivity contribution is 5.81. The zero-order chi connectivity index (χ0) is 11.8. The van der Waals surface area contributed by atoms with Crippen LogP contribution in [0.5, 0.6) is 0 Å². The summed E-state index contributed by atoms with van der Waals surface area (Å²) in [4.78, 5) is 13.3. The van der Waals surface area contributed by atoms with Crippen LogP contribution in [0.4, 0.5) is 0 Å². The highest BCUT2D eigenvalue weighted by Crippen LogP contribution is 2.15. The maximum Gasteiger partial charge on any atom is 0.330 e. The van der Waals surface area contributed by atoms with Crippen molar-refractivity contribution in [1.82, 2.24) is 4.90 Å². The van der Waals surface area contributed by atoms with Gasteiger partial charge >= 0.3 is 5.97 Å². The standard InChI is InChI=1S/C12H21NO3/c1-2-16-12(15)6-4-8-13-7-3-5-11(9-13)10-14/h4,6,11,14H,2-3,5,7-10H2,1H3. The van der Waals surface area contributed by atoms with E-state index in [1.165, 1.54) is 6.08 Å². The predicted molar refractivity (Wildman–Crippen MR) is 62.0 cm³/mol. The Morgan fingerprint density at radius 3 is 3.12 bits per heavy atom. The quantitative estimate of drug-likeness (QED) is 0.558. The number of ether oxygens (including phenoxy) is 1. The molecule has 1 rings (SSSR count). The van der Waals surface area contributed by atoms with E-state index < -0.39 is 0 Å². The lowest BCUT2D eigenvalue weighted by Crippen LogP contribution is -2.36. The monoisotopic (exact) mass is 227 g/mol. The molecule has 1 unspecified atom stereocenters. The number of aliphatic hydroxyl groups excluding tert-OH is 1.